The Bertz CT molecular complexity index is 327. The first-order valence-electron chi connectivity index (χ1n) is 7.84. The summed E-state index contributed by atoms with van der Waals surface area (Å²) in [5, 5.41) is 16.0. The summed E-state index contributed by atoms with van der Waals surface area (Å²) in [6.45, 7) is 13.2. The average Bonchev–Trinajstić information content (AvgIpc) is 2.33. The largest absolute Gasteiger partial charge is 0.388 e. The second-order valence-electron chi connectivity index (χ2n) is 7.44. The van der Waals surface area contributed by atoms with Gasteiger partial charge in [0.15, 0.2) is 0 Å². The lowest BCUT2D eigenvalue weighted by Crippen LogP contribution is -2.53. The molecule has 0 rings (SSSR count). The summed E-state index contributed by atoms with van der Waals surface area (Å²) in [4.78, 5) is 14.1. The number of carbonyl (C=O) groups is 1. The Labute approximate surface area is 130 Å². The fourth-order valence-corrected chi connectivity index (χ4v) is 2.27. The summed E-state index contributed by atoms with van der Waals surface area (Å²) >= 11 is 0. The highest BCUT2D eigenvalue weighted by atomic mass is 16.3. The van der Waals surface area contributed by atoms with Crippen LogP contribution in [0.1, 0.15) is 48.0 Å². The fraction of sp³-hybridized carbons (Fsp3) is 0.938. The van der Waals surface area contributed by atoms with Gasteiger partial charge in [0.05, 0.1) is 5.60 Å². The minimum atomic E-state index is -0.880. The van der Waals surface area contributed by atoms with Gasteiger partial charge in [0, 0.05) is 19.1 Å². The van der Waals surface area contributed by atoms with E-state index in [1.165, 1.54) is 0 Å². The highest BCUT2D eigenvalue weighted by Gasteiger charge is 2.30. The van der Waals surface area contributed by atoms with Crippen LogP contribution < -0.4 is 10.6 Å². The van der Waals surface area contributed by atoms with Crippen LogP contribution >= 0.6 is 0 Å². The number of carbonyl (C=O) groups excluding carboxylic acids is 1. The van der Waals surface area contributed by atoms with Gasteiger partial charge in [-0.3, -0.25) is 0 Å². The van der Waals surface area contributed by atoms with Crippen molar-refractivity contribution in [1.82, 2.24) is 15.5 Å². The maximum atomic E-state index is 12.0. The van der Waals surface area contributed by atoms with E-state index in [4.69, 9.17) is 0 Å². The highest BCUT2D eigenvalue weighted by molar-refractivity contribution is 5.74. The molecular formula is C16H35N3O2. The maximum Gasteiger partial charge on any atom is 0.315 e. The lowest BCUT2D eigenvalue weighted by Gasteiger charge is -2.35. The molecule has 0 fully saturated rings. The minimum absolute atomic E-state index is 0.0277. The summed E-state index contributed by atoms with van der Waals surface area (Å²) in [6.07, 6.45) is 0.878. The minimum Gasteiger partial charge on any atom is -0.388 e. The quantitative estimate of drug-likeness (QED) is 0.643. The Kier molecular flexibility index (Phi) is 7.68. The van der Waals surface area contributed by atoms with E-state index in [0.717, 1.165) is 13.0 Å². The monoisotopic (exact) mass is 301 g/mol. The third-order valence-electron chi connectivity index (χ3n) is 4.52. The maximum absolute atomic E-state index is 12.0. The summed E-state index contributed by atoms with van der Waals surface area (Å²) in [7, 11) is 4.05. The molecule has 0 heterocycles. The van der Waals surface area contributed by atoms with Crippen molar-refractivity contribution in [2.75, 3.05) is 27.2 Å². The Balaban J connectivity index is 4.38. The van der Waals surface area contributed by atoms with E-state index in [-0.39, 0.29) is 30.0 Å². The van der Waals surface area contributed by atoms with Crippen LogP contribution in [0.3, 0.4) is 0 Å². The molecule has 0 aromatic rings. The summed E-state index contributed by atoms with van der Waals surface area (Å²) < 4.78 is 0. The standard InChI is InChI=1S/C16H35N3O2/c1-9-12(2)16(6,21)10-17-14(20)18-13(3)15(4,5)11-19(7)8/h12-13,21H,9-11H2,1-8H3,(H2,17,18,20). The Morgan fingerprint density at radius 2 is 1.76 bits per heavy atom. The van der Waals surface area contributed by atoms with Crippen molar-refractivity contribution in [3.05, 3.63) is 0 Å². The van der Waals surface area contributed by atoms with Crippen molar-refractivity contribution in [2.24, 2.45) is 11.3 Å². The number of rotatable bonds is 8. The number of nitrogens with zero attached hydrogens (tertiary/aromatic N) is 1. The smallest absolute Gasteiger partial charge is 0.315 e. The molecule has 0 aliphatic rings. The number of amides is 2. The van der Waals surface area contributed by atoms with Crippen molar-refractivity contribution in [2.45, 2.75) is 59.6 Å². The second kappa shape index (κ2) is 7.99. The van der Waals surface area contributed by atoms with Crippen LogP contribution in [-0.4, -0.2) is 54.9 Å². The van der Waals surface area contributed by atoms with Crippen LogP contribution in [-0.2, 0) is 0 Å². The summed E-state index contributed by atoms with van der Waals surface area (Å²) in [5.41, 5.74) is -0.908. The van der Waals surface area contributed by atoms with Crippen molar-refractivity contribution in [3.63, 3.8) is 0 Å². The first-order chi connectivity index (χ1) is 9.42. The van der Waals surface area contributed by atoms with Gasteiger partial charge in [0.25, 0.3) is 0 Å². The molecule has 0 aliphatic carbocycles. The molecule has 126 valence electrons. The van der Waals surface area contributed by atoms with Gasteiger partial charge in [-0.1, -0.05) is 34.1 Å². The van der Waals surface area contributed by atoms with E-state index >= 15 is 0 Å². The molecule has 0 saturated carbocycles. The molecule has 0 aliphatic heterocycles. The van der Waals surface area contributed by atoms with Gasteiger partial charge in [-0.25, -0.2) is 4.79 Å². The molecule has 0 aromatic carbocycles. The van der Waals surface area contributed by atoms with Crippen LogP contribution in [0, 0.1) is 11.3 Å². The van der Waals surface area contributed by atoms with Gasteiger partial charge < -0.3 is 20.6 Å². The van der Waals surface area contributed by atoms with Crippen molar-refractivity contribution in [3.8, 4) is 0 Å². The Morgan fingerprint density at radius 1 is 1.24 bits per heavy atom. The SMILES string of the molecule is CCC(C)C(C)(O)CNC(=O)NC(C)C(C)(C)CN(C)C. The molecule has 0 bridgehead atoms. The third-order valence-corrected chi connectivity index (χ3v) is 4.52. The van der Waals surface area contributed by atoms with Gasteiger partial charge in [0.1, 0.15) is 0 Å². The molecule has 5 heteroatoms. The van der Waals surface area contributed by atoms with Crippen molar-refractivity contribution in [1.29, 1.82) is 0 Å². The van der Waals surface area contributed by atoms with E-state index in [1.54, 1.807) is 6.92 Å². The van der Waals surface area contributed by atoms with Crippen molar-refractivity contribution < 1.29 is 9.90 Å². The number of aliphatic hydroxyl groups is 1. The summed E-state index contributed by atoms with van der Waals surface area (Å²) in [5.74, 6) is 0.139. The zero-order chi connectivity index (χ0) is 16.8. The normalized spacial score (nSPS) is 18.0. The molecule has 3 unspecified atom stereocenters. The topological polar surface area (TPSA) is 64.6 Å². The summed E-state index contributed by atoms with van der Waals surface area (Å²) in [6, 6.07) is -0.189. The Morgan fingerprint density at radius 3 is 2.19 bits per heavy atom. The van der Waals surface area contributed by atoms with E-state index in [0.29, 0.717) is 0 Å². The first-order valence-corrected chi connectivity index (χ1v) is 7.84. The predicted molar refractivity (Wildman–Crippen MR) is 88.4 cm³/mol. The molecule has 0 aromatic heterocycles. The number of hydrogen-bond acceptors (Lipinski definition) is 3. The molecule has 5 nitrogen and oxygen atoms in total. The molecule has 2 amide bonds. The molecule has 0 spiro atoms. The molecule has 3 N–H and O–H groups in total. The highest BCUT2D eigenvalue weighted by Crippen LogP contribution is 2.21. The zero-order valence-corrected chi connectivity index (χ0v) is 15.1. The lowest BCUT2D eigenvalue weighted by atomic mass is 9.85. The van der Waals surface area contributed by atoms with Crippen LogP contribution in [0.2, 0.25) is 0 Å². The zero-order valence-electron chi connectivity index (χ0n) is 15.1. The molecular weight excluding hydrogens is 266 g/mol. The number of hydrogen-bond donors (Lipinski definition) is 3. The molecule has 21 heavy (non-hydrogen) atoms. The van der Waals surface area contributed by atoms with Crippen molar-refractivity contribution >= 4 is 6.03 Å². The lowest BCUT2D eigenvalue weighted by molar-refractivity contribution is 0.00772. The average molecular weight is 301 g/mol. The Hall–Kier alpha value is -0.810. The van der Waals surface area contributed by atoms with Crippen LogP contribution in [0.4, 0.5) is 4.79 Å². The van der Waals surface area contributed by atoms with E-state index in [9.17, 15) is 9.90 Å². The van der Waals surface area contributed by atoms with Crippen LogP contribution in [0.5, 0.6) is 0 Å². The van der Waals surface area contributed by atoms with E-state index < -0.39 is 5.60 Å². The van der Waals surface area contributed by atoms with Crippen LogP contribution in [0.25, 0.3) is 0 Å². The van der Waals surface area contributed by atoms with E-state index in [2.05, 4.69) is 29.4 Å². The molecule has 0 saturated heterocycles. The first kappa shape index (κ1) is 20.2. The molecule has 0 radical (unpaired) electrons. The fourth-order valence-electron chi connectivity index (χ4n) is 2.27. The van der Waals surface area contributed by atoms with Gasteiger partial charge in [-0.2, -0.15) is 0 Å². The predicted octanol–water partition coefficient (Wildman–Crippen LogP) is 2.06. The van der Waals surface area contributed by atoms with Gasteiger partial charge in [-0.05, 0) is 39.3 Å². The van der Waals surface area contributed by atoms with E-state index in [1.807, 2.05) is 34.9 Å². The third kappa shape index (κ3) is 7.14. The van der Waals surface area contributed by atoms with Gasteiger partial charge >= 0.3 is 6.03 Å². The second-order valence-corrected chi connectivity index (χ2v) is 7.44. The van der Waals surface area contributed by atoms with Crippen LogP contribution in [0.15, 0.2) is 0 Å². The van der Waals surface area contributed by atoms with Gasteiger partial charge in [-0.15, -0.1) is 0 Å². The number of nitrogens with one attached hydrogen (secondary N) is 2. The molecule has 3 atom stereocenters. The van der Waals surface area contributed by atoms with Gasteiger partial charge in [0.2, 0.25) is 0 Å². The number of urea groups is 1.